The molecule has 3 N–H and O–H groups in total. The zero-order valence-electron chi connectivity index (χ0n) is 8.21. The zero-order valence-corrected chi connectivity index (χ0v) is 9.02. The zero-order chi connectivity index (χ0) is 9.76. The van der Waals surface area contributed by atoms with Gasteiger partial charge < -0.3 is 10.6 Å². The number of urea groups is 1. The van der Waals surface area contributed by atoms with Gasteiger partial charge in [0.15, 0.2) is 0 Å². The fourth-order valence-electron chi connectivity index (χ4n) is 2.96. The van der Waals surface area contributed by atoms with Crippen molar-refractivity contribution in [1.82, 2.24) is 16.0 Å². The van der Waals surface area contributed by atoms with Crippen molar-refractivity contribution in [2.45, 2.75) is 43.3 Å². The van der Waals surface area contributed by atoms with E-state index in [1.807, 2.05) is 0 Å². The first kappa shape index (κ1) is 10.7. The van der Waals surface area contributed by atoms with Crippen molar-refractivity contribution in [3.63, 3.8) is 0 Å². The molecule has 3 aliphatic heterocycles. The number of carbonyl (C=O) groups is 2. The summed E-state index contributed by atoms with van der Waals surface area (Å²) in [5, 5.41) is 8.56. The average Bonchev–Trinajstić information content (AvgIpc) is 2.56. The summed E-state index contributed by atoms with van der Waals surface area (Å²) in [4.78, 5) is 22.8. The van der Waals surface area contributed by atoms with E-state index in [-0.39, 0.29) is 24.3 Å². The number of imide groups is 1. The first-order valence-electron chi connectivity index (χ1n) is 5.08. The maximum Gasteiger partial charge on any atom is 0.322 e. The first-order chi connectivity index (χ1) is 6.68. The number of piperidine rings is 1. The van der Waals surface area contributed by atoms with Gasteiger partial charge in [0.05, 0.1) is 0 Å². The third-order valence-corrected chi connectivity index (χ3v) is 3.54. The van der Waals surface area contributed by atoms with Crippen LogP contribution in [0.15, 0.2) is 0 Å². The third-order valence-electron chi connectivity index (χ3n) is 3.54. The number of carbonyl (C=O) groups excluding carboxylic acids is 2. The van der Waals surface area contributed by atoms with Crippen LogP contribution in [0.4, 0.5) is 4.79 Å². The lowest BCUT2D eigenvalue weighted by molar-refractivity contribution is -0.125. The molecule has 3 atom stereocenters. The molecule has 0 saturated carbocycles. The molecule has 2 unspecified atom stereocenters. The van der Waals surface area contributed by atoms with Crippen molar-refractivity contribution in [2.75, 3.05) is 0 Å². The number of hydrogen-bond acceptors (Lipinski definition) is 3. The van der Waals surface area contributed by atoms with Crippen LogP contribution in [0.25, 0.3) is 0 Å². The van der Waals surface area contributed by atoms with Crippen molar-refractivity contribution in [1.29, 1.82) is 0 Å². The van der Waals surface area contributed by atoms with Crippen LogP contribution in [0.1, 0.15) is 25.7 Å². The Morgan fingerprint density at radius 1 is 1.13 bits per heavy atom. The number of fused-ring (bicyclic) bond motifs is 2. The van der Waals surface area contributed by atoms with Crippen molar-refractivity contribution in [2.24, 2.45) is 0 Å². The van der Waals surface area contributed by atoms with Gasteiger partial charge in [-0.15, -0.1) is 12.4 Å². The smallest absolute Gasteiger partial charge is 0.322 e. The number of halogens is 1. The Hall–Kier alpha value is -0.810. The van der Waals surface area contributed by atoms with Gasteiger partial charge in [-0.3, -0.25) is 10.1 Å². The van der Waals surface area contributed by atoms with Crippen molar-refractivity contribution in [3.8, 4) is 0 Å². The normalized spacial score (nSPS) is 42.4. The maximum atomic E-state index is 11.7. The van der Waals surface area contributed by atoms with Crippen LogP contribution >= 0.6 is 12.4 Å². The van der Waals surface area contributed by atoms with Crippen LogP contribution in [0.3, 0.4) is 0 Å². The molecule has 0 aliphatic carbocycles. The van der Waals surface area contributed by atoms with Gasteiger partial charge in [0.25, 0.3) is 5.91 Å². The minimum absolute atomic E-state index is 0. The van der Waals surface area contributed by atoms with Crippen LogP contribution < -0.4 is 16.0 Å². The summed E-state index contributed by atoms with van der Waals surface area (Å²) in [5.74, 6) is -0.138. The molecule has 0 radical (unpaired) electrons. The van der Waals surface area contributed by atoms with Gasteiger partial charge in [0.2, 0.25) is 0 Å². The minimum Gasteiger partial charge on any atom is -0.323 e. The lowest BCUT2D eigenvalue weighted by Gasteiger charge is -2.35. The summed E-state index contributed by atoms with van der Waals surface area (Å²) in [5.41, 5.74) is -0.603. The largest absolute Gasteiger partial charge is 0.323 e. The monoisotopic (exact) mass is 231 g/mol. The van der Waals surface area contributed by atoms with E-state index in [4.69, 9.17) is 0 Å². The Kier molecular flexibility index (Phi) is 2.39. The minimum atomic E-state index is -0.603. The van der Waals surface area contributed by atoms with Gasteiger partial charge in [-0.25, -0.2) is 4.79 Å². The second-order valence-corrected chi connectivity index (χ2v) is 4.54. The number of rotatable bonds is 0. The fraction of sp³-hybridized carbons (Fsp3) is 0.778. The van der Waals surface area contributed by atoms with E-state index >= 15 is 0 Å². The van der Waals surface area contributed by atoms with Crippen LogP contribution in [0.2, 0.25) is 0 Å². The van der Waals surface area contributed by atoms with Crippen molar-refractivity contribution < 1.29 is 9.59 Å². The number of hydrogen-bond donors (Lipinski definition) is 3. The van der Waals surface area contributed by atoms with E-state index in [9.17, 15) is 9.59 Å². The van der Waals surface area contributed by atoms with Gasteiger partial charge in [0, 0.05) is 12.1 Å². The fourth-order valence-corrected chi connectivity index (χ4v) is 2.96. The second kappa shape index (κ2) is 3.35. The number of amides is 3. The predicted molar refractivity (Wildman–Crippen MR) is 55.8 cm³/mol. The first-order valence-corrected chi connectivity index (χ1v) is 5.08. The van der Waals surface area contributed by atoms with Crippen molar-refractivity contribution in [3.05, 3.63) is 0 Å². The van der Waals surface area contributed by atoms with E-state index in [1.54, 1.807) is 0 Å². The molecule has 3 amide bonds. The molecule has 3 heterocycles. The van der Waals surface area contributed by atoms with Crippen LogP contribution in [-0.2, 0) is 4.79 Å². The molecule has 15 heavy (non-hydrogen) atoms. The molecule has 5 nitrogen and oxygen atoms in total. The quantitative estimate of drug-likeness (QED) is 0.510. The van der Waals surface area contributed by atoms with Crippen LogP contribution in [-0.4, -0.2) is 29.6 Å². The highest BCUT2D eigenvalue weighted by Crippen LogP contribution is 2.35. The summed E-state index contributed by atoms with van der Waals surface area (Å²) in [6.45, 7) is 0. The SMILES string of the molecule is Cl.O=C1NC(=O)C2(CC3CC[C@@H](C2)N3)N1. The molecule has 6 heteroatoms. The van der Waals surface area contributed by atoms with E-state index in [1.165, 1.54) is 0 Å². The highest BCUT2D eigenvalue weighted by atomic mass is 35.5. The van der Waals surface area contributed by atoms with Crippen LogP contribution in [0, 0.1) is 0 Å². The van der Waals surface area contributed by atoms with Gasteiger partial charge in [-0.1, -0.05) is 0 Å². The molecule has 2 bridgehead atoms. The molecule has 0 aromatic carbocycles. The molecular weight excluding hydrogens is 218 g/mol. The molecule has 1 spiro atoms. The topological polar surface area (TPSA) is 70.2 Å². The molecule has 0 aromatic rings. The van der Waals surface area contributed by atoms with Gasteiger partial charge in [-0.05, 0) is 25.7 Å². The molecule has 3 rings (SSSR count). The molecule has 3 fully saturated rings. The summed E-state index contributed by atoms with van der Waals surface area (Å²) >= 11 is 0. The Balaban J connectivity index is 0.000000853. The van der Waals surface area contributed by atoms with Gasteiger partial charge >= 0.3 is 6.03 Å². The highest BCUT2D eigenvalue weighted by Gasteiger charge is 2.53. The van der Waals surface area contributed by atoms with Crippen LogP contribution in [0.5, 0.6) is 0 Å². The highest BCUT2D eigenvalue weighted by molar-refractivity contribution is 6.07. The molecule has 84 valence electrons. The predicted octanol–water partition coefficient (Wildman–Crippen LogP) is -0.0992. The Morgan fingerprint density at radius 2 is 1.73 bits per heavy atom. The van der Waals surface area contributed by atoms with Crippen molar-refractivity contribution >= 4 is 24.3 Å². The van der Waals surface area contributed by atoms with E-state index < -0.39 is 5.54 Å². The Morgan fingerprint density at radius 3 is 2.20 bits per heavy atom. The summed E-state index contributed by atoms with van der Waals surface area (Å²) in [7, 11) is 0. The van der Waals surface area contributed by atoms with E-state index in [0.29, 0.717) is 12.1 Å². The molecular formula is C9H14ClN3O2. The third kappa shape index (κ3) is 1.50. The Bertz CT molecular complexity index is 308. The van der Waals surface area contributed by atoms with Gasteiger partial charge in [0.1, 0.15) is 5.54 Å². The maximum absolute atomic E-state index is 11.7. The average molecular weight is 232 g/mol. The lowest BCUT2D eigenvalue weighted by atomic mass is 9.84. The summed E-state index contributed by atoms with van der Waals surface area (Å²) < 4.78 is 0. The van der Waals surface area contributed by atoms with E-state index in [0.717, 1.165) is 25.7 Å². The summed E-state index contributed by atoms with van der Waals surface area (Å²) in [6.07, 6.45) is 3.72. The molecule has 0 aromatic heterocycles. The standard InChI is InChI=1S/C9H13N3O2.ClH/c13-7-9(12-8(14)11-7)3-5-1-2-6(4-9)10-5;/h5-6,10H,1-4H2,(H2,11,12,13,14);1H/t5-,6?,9?;/m0./s1. The lowest BCUT2D eigenvalue weighted by Crippen LogP contribution is -2.57. The molecule has 3 aliphatic rings. The molecule has 3 saturated heterocycles. The summed E-state index contributed by atoms with van der Waals surface area (Å²) in [6, 6.07) is 0.465. The Labute approximate surface area is 93.8 Å². The number of nitrogens with one attached hydrogen (secondary N) is 3. The van der Waals surface area contributed by atoms with Gasteiger partial charge in [-0.2, -0.15) is 0 Å². The van der Waals surface area contributed by atoms with E-state index in [2.05, 4.69) is 16.0 Å². The second-order valence-electron chi connectivity index (χ2n) is 4.54.